The smallest absolute Gasteiger partial charge is 0.262 e. The molecule has 6 heteroatoms. The van der Waals surface area contributed by atoms with Gasteiger partial charge in [-0.05, 0) is 32.9 Å². The summed E-state index contributed by atoms with van der Waals surface area (Å²) in [4.78, 5) is 37.4. The quantitative estimate of drug-likeness (QED) is 0.787. The van der Waals surface area contributed by atoms with E-state index >= 15 is 0 Å². The van der Waals surface area contributed by atoms with Gasteiger partial charge in [0.25, 0.3) is 11.8 Å². The highest BCUT2D eigenvalue weighted by molar-refractivity contribution is 6.22. The van der Waals surface area contributed by atoms with Crippen LogP contribution in [0.4, 0.5) is 0 Å². The molecule has 3 N–H and O–H groups in total. The second-order valence-electron chi connectivity index (χ2n) is 5.88. The van der Waals surface area contributed by atoms with Crippen LogP contribution in [-0.4, -0.2) is 41.2 Å². The Bertz CT molecular complexity index is 623. The van der Waals surface area contributed by atoms with Crippen LogP contribution < -0.4 is 11.1 Å². The molecule has 3 amide bonds. The van der Waals surface area contributed by atoms with Gasteiger partial charge in [-0.3, -0.25) is 19.3 Å². The summed E-state index contributed by atoms with van der Waals surface area (Å²) >= 11 is 0. The summed E-state index contributed by atoms with van der Waals surface area (Å²) in [6, 6.07) is 5.05. The molecule has 1 aromatic carbocycles. The molecule has 0 atom stereocenters. The van der Waals surface area contributed by atoms with Gasteiger partial charge in [0, 0.05) is 12.1 Å². The fraction of sp³-hybridized carbons (Fsp3) is 0.400. The molecule has 112 valence electrons. The van der Waals surface area contributed by atoms with Crippen LogP contribution in [-0.2, 0) is 4.79 Å². The lowest BCUT2D eigenvalue weighted by Crippen LogP contribution is -2.52. The van der Waals surface area contributed by atoms with E-state index in [9.17, 15) is 14.4 Å². The minimum absolute atomic E-state index is 0.264. The Kier molecular flexibility index (Phi) is 3.82. The Morgan fingerprint density at radius 1 is 1.24 bits per heavy atom. The maximum absolute atomic E-state index is 12.2. The molecule has 0 unspecified atom stereocenters. The van der Waals surface area contributed by atoms with Crippen molar-refractivity contribution in [1.29, 1.82) is 0 Å². The molecule has 1 aliphatic heterocycles. The topological polar surface area (TPSA) is 92.5 Å². The lowest BCUT2D eigenvalue weighted by Gasteiger charge is -2.25. The number of aryl methyl sites for hydroxylation is 1. The molecule has 6 nitrogen and oxygen atoms in total. The molecule has 1 aliphatic rings. The van der Waals surface area contributed by atoms with Gasteiger partial charge in [-0.1, -0.05) is 11.6 Å². The molecule has 0 radical (unpaired) electrons. The van der Waals surface area contributed by atoms with Crippen LogP contribution in [0, 0.1) is 6.92 Å². The van der Waals surface area contributed by atoms with Gasteiger partial charge >= 0.3 is 0 Å². The molecule has 1 aromatic rings. The molecule has 21 heavy (non-hydrogen) atoms. The lowest BCUT2D eigenvalue weighted by atomic mass is 10.1. The van der Waals surface area contributed by atoms with Crippen LogP contribution in [0.1, 0.15) is 40.1 Å². The fourth-order valence-electron chi connectivity index (χ4n) is 2.16. The number of benzene rings is 1. The summed E-state index contributed by atoms with van der Waals surface area (Å²) in [5.74, 6) is -1.27. The van der Waals surface area contributed by atoms with E-state index in [4.69, 9.17) is 5.73 Å². The first-order valence-electron chi connectivity index (χ1n) is 6.73. The summed E-state index contributed by atoms with van der Waals surface area (Å²) < 4.78 is 0. The second kappa shape index (κ2) is 5.29. The predicted molar refractivity (Wildman–Crippen MR) is 77.8 cm³/mol. The van der Waals surface area contributed by atoms with Gasteiger partial charge in [-0.2, -0.15) is 0 Å². The Morgan fingerprint density at radius 3 is 2.48 bits per heavy atom. The predicted octanol–water partition coefficient (Wildman–Crippen LogP) is 0.445. The molecule has 0 aliphatic carbocycles. The van der Waals surface area contributed by atoms with Crippen molar-refractivity contribution in [1.82, 2.24) is 10.2 Å². The molecular formula is C15H19N3O3. The Balaban J connectivity index is 2.15. The Labute approximate surface area is 123 Å². The van der Waals surface area contributed by atoms with E-state index in [0.29, 0.717) is 11.1 Å². The van der Waals surface area contributed by atoms with Crippen molar-refractivity contribution in [3.8, 4) is 0 Å². The number of imide groups is 1. The van der Waals surface area contributed by atoms with Crippen molar-refractivity contribution in [2.24, 2.45) is 5.73 Å². The number of carbonyl (C=O) groups is 3. The third kappa shape index (κ3) is 2.95. The standard InChI is InChI=1S/C15H19N3O3/c1-9-4-5-10-11(6-9)14(21)18(13(10)20)7-12(19)17-15(2,3)8-16/h4-6H,7-8,16H2,1-3H3,(H,17,19). The van der Waals surface area contributed by atoms with E-state index in [1.165, 1.54) is 0 Å². The second-order valence-corrected chi connectivity index (χ2v) is 5.88. The van der Waals surface area contributed by atoms with Gasteiger partial charge in [0.1, 0.15) is 6.54 Å². The van der Waals surface area contributed by atoms with Gasteiger partial charge in [0.2, 0.25) is 5.91 Å². The number of fused-ring (bicyclic) bond motifs is 1. The first-order chi connectivity index (χ1) is 9.75. The van der Waals surface area contributed by atoms with Crippen molar-refractivity contribution in [2.75, 3.05) is 13.1 Å². The molecule has 1 heterocycles. The molecular weight excluding hydrogens is 270 g/mol. The molecule has 0 spiro atoms. The molecule has 2 rings (SSSR count). The number of hydrogen-bond donors (Lipinski definition) is 2. The summed E-state index contributed by atoms with van der Waals surface area (Å²) in [6.07, 6.45) is 0. The van der Waals surface area contributed by atoms with Gasteiger partial charge < -0.3 is 11.1 Å². The van der Waals surface area contributed by atoms with Crippen molar-refractivity contribution in [3.63, 3.8) is 0 Å². The first-order valence-corrected chi connectivity index (χ1v) is 6.73. The minimum atomic E-state index is -0.577. The van der Waals surface area contributed by atoms with Gasteiger partial charge in [0.15, 0.2) is 0 Å². The fourth-order valence-corrected chi connectivity index (χ4v) is 2.16. The SMILES string of the molecule is Cc1ccc2c(c1)C(=O)N(CC(=O)NC(C)(C)CN)C2=O. The highest BCUT2D eigenvalue weighted by Crippen LogP contribution is 2.23. The van der Waals surface area contributed by atoms with Crippen LogP contribution in [0.2, 0.25) is 0 Å². The monoisotopic (exact) mass is 289 g/mol. The molecule has 0 bridgehead atoms. The maximum atomic E-state index is 12.2. The highest BCUT2D eigenvalue weighted by atomic mass is 16.2. The van der Waals surface area contributed by atoms with E-state index in [-0.39, 0.29) is 13.1 Å². The Hall–Kier alpha value is -2.21. The number of nitrogens with zero attached hydrogens (tertiary/aromatic N) is 1. The molecule has 0 saturated carbocycles. The van der Waals surface area contributed by atoms with E-state index < -0.39 is 23.3 Å². The van der Waals surface area contributed by atoms with Crippen LogP contribution in [0.3, 0.4) is 0 Å². The zero-order valence-electron chi connectivity index (χ0n) is 12.4. The van der Waals surface area contributed by atoms with E-state index in [1.54, 1.807) is 32.0 Å². The maximum Gasteiger partial charge on any atom is 0.262 e. The van der Waals surface area contributed by atoms with E-state index in [0.717, 1.165) is 10.5 Å². The average Bonchev–Trinajstić information content (AvgIpc) is 2.63. The highest BCUT2D eigenvalue weighted by Gasteiger charge is 2.37. The third-order valence-electron chi connectivity index (χ3n) is 3.42. The molecule has 0 saturated heterocycles. The minimum Gasteiger partial charge on any atom is -0.348 e. The number of nitrogens with two attached hydrogens (primary N) is 1. The Morgan fingerprint density at radius 2 is 1.86 bits per heavy atom. The summed E-state index contributed by atoms with van der Waals surface area (Å²) in [6.45, 7) is 5.36. The van der Waals surface area contributed by atoms with Gasteiger partial charge in [-0.25, -0.2) is 0 Å². The van der Waals surface area contributed by atoms with Crippen molar-refractivity contribution >= 4 is 17.7 Å². The van der Waals surface area contributed by atoms with Crippen LogP contribution in [0.5, 0.6) is 0 Å². The van der Waals surface area contributed by atoms with Crippen molar-refractivity contribution in [2.45, 2.75) is 26.3 Å². The third-order valence-corrected chi connectivity index (χ3v) is 3.42. The number of carbonyl (C=O) groups excluding carboxylic acids is 3. The van der Waals surface area contributed by atoms with E-state index in [1.807, 2.05) is 6.92 Å². The summed E-state index contributed by atoms with van der Waals surface area (Å²) in [5.41, 5.74) is 6.55. The normalized spacial score (nSPS) is 14.4. The molecule has 0 aromatic heterocycles. The van der Waals surface area contributed by atoms with Gasteiger partial charge in [-0.15, -0.1) is 0 Å². The van der Waals surface area contributed by atoms with Crippen LogP contribution in [0.25, 0.3) is 0 Å². The average molecular weight is 289 g/mol. The van der Waals surface area contributed by atoms with Crippen LogP contribution in [0.15, 0.2) is 18.2 Å². The van der Waals surface area contributed by atoms with Gasteiger partial charge in [0.05, 0.1) is 11.1 Å². The number of nitrogens with one attached hydrogen (secondary N) is 1. The number of rotatable bonds is 4. The zero-order chi connectivity index (χ0) is 15.8. The summed E-state index contributed by atoms with van der Waals surface area (Å²) in [7, 11) is 0. The lowest BCUT2D eigenvalue weighted by molar-refractivity contribution is -0.122. The van der Waals surface area contributed by atoms with Crippen LogP contribution >= 0.6 is 0 Å². The van der Waals surface area contributed by atoms with Crippen molar-refractivity contribution in [3.05, 3.63) is 34.9 Å². The number of hydrogen-bond acceptors (Lipinski definition) is 4. The number of amides is 3. The van der Waals surface area contributed by atoms with Crippen molar-refractivity contribution < 1.29 is 14.4 Å². The first kappa shape index (κ1) is 15.2. The summed E-state index contributed by atoms with van der Waals surface area (Å²) in [5, 5.41) is 2.70. The molecule has 0 fully saturated rings. The zero-order valence-corrected chi connectivity index (χ0v) is 12.4. The van der Waals surface area contributed by atoms with E-state index in [2.05, 4.69) is 5.32 Å². The largest absolute Gasteiger partial charge is 0.348 e.